The number of ether oxygens (including phenoxy) is 2. The van der Waals surface area contributed by atoms with Gasteiger partial charge >= 0.3 is 5.97 Å². The summed E-state index contributed by atoms with van der Waals surface area (Å²) in [5.74, 6) is 1.24. The summed E-state index contributed by atoms with van der Waals surface area (Å²) in [7, 11) is 1.33. The topological polar surface area (TPSA) is 48.7 Å². The molecule has 0 saturated heterocycles. The second kappa shape index (κ2) is 7.18. The van der Waals surface area contributed by atoms with Crippen molar-refractivity contribution < 1.29 is 18.7 Å². The van der Waals surface area contributed by atoms with Gasteiger partial charge in [0.2, 0.25) is 5.76 Å². The van der Waals surface area contributed by atoms with E-state index in [2.05, 4.69) is 17.4 Å². The Kier molecular flexibility index (Phi) is 5.27. The van der Waals surface area contributed by atoms with Gasteiger partial charge in [-0.3, -0.25) is 0 Å². The first kappa shape index (κ1) is 16.9. The third-order valence-electron chi connectivity index (χ3n) is 3.45. The van der Waals surface area contributed by atoms with Gasteiger partial charge in [-0.2, -0.15) is 0 Å². The molecule has 0 radical (unpaired) electrons. The molecule has 4 nitrogen and oxygen atoms in total. The van der Waals surface area contributed by atoms with Crippen molar-refractivity contribution in [3.05, 3.63) is 64.6 Å². The summed E-state index contributed by atoms with van der Waals surface area (Å²) < 4.78 is 16.1. The van der Waals surface area contributed by atoms with Crippen LogP contribution < -0.4 is 4.74 Å². The molecule has 0 aliphatic rings. The zero-order chi connectivity index (χ0) is 17.0. The van der Waals surface area contributed by atoms with Gasteiger partial charge in [-0.15, -0.1) is 0 Å². The normalized spacial score (nSPS) is 10.4. The minimum Gasteiger partial charge on any atom is -0.489 e. The van der Waals surface area contributed by atoms with E-state index in [0.717, 1.165) is 28.0 Å². The minimum atomic E-state index is -0.476. The number of esters is 1. The lowest BCUT2D eigenvalue weighted by Crippen LogP contribution is -2.03. The lowest BCUT2D eigenvalue weighted by molar-refractivity contribution is 0.0563. The third-order valence-corrected chi connectivity index (χ3v) is 3.45. The van der Waals surface area contributed by atoms with Crippen molar-refractivity contribution in [2.24, 2.45) is 0 Å². The molecule has 1 aromatic heterocycles. The van der Waals surface area contributed by atoms with Gasteiger partial charge in [0.1, 0.15) is 18.1 Å². The number of methoxy groups -OCH3 is 1. The van der Waals surface area contributed by atoms with Crippen LogP contribution in [0.3, 0.4) is 0 Å². The number of furan rings is 1. The van der Waals surface area contributed by atoms with Crippen LogP contribution >= 0.6 is 0 Å². The van der Waals surface area contributed by atoms with E-state index in [4.69, 9.17) is 9.15 Å². The van der Waals surface area contributed by atoms with E-state index >= 15 is 0 Å². The first-order valence-electron chi connectivity index (χ1n) is 7.45. The van der Waals surface area contributed by atoms with Crippen molar-refractivity contribution in [2.45, 2.75) is 27.2 Å². The van der Waals surface area contributed by atoms with E-state index in [1.54, 1.807) is 12.1 Å². The Balaban J connectivity index is 2.29. The standard InChI is InChI=1S/C19H22O4/c1-12(2)11-22-18-9-13(3)8-14(4)16(18)10-15-6-7-17(23-15)19(20)21-5/h6-9H,1,10-11H2,2-5H3. The molecule has 2 rings (SSSR count). The van der Waals surface area contributed by atoms with Crippen LogP contribution in [-0.4, -0.2) is 19.7 Å². The number of hydrogen-bond donors (Lipinski definition) is 0. The van der Waals surface area contributed by atoms with Gasteiger partial charge in [-0.1, -0.05) is 12.6 Å². The fourth-order valence-electron chi connectivity index (χ4n) is 2.37. The van der Waals surface area contributed by atoms with Crippen molar-refractivity contribution in [1.29, 1.82) is 0 Å². The van der Waals surface area contributed by atoms with Crippen LogP contribution in [-0.2, 0) is 11.2 Å². The van der Waals surface area contributed by atoms with Crippen LogP contribution in [0.1, 0.15) is 39.9 Å². The molecule has 0 unspecified atom stereocenters. The molecule has 0 fully saturated rings. The van der Waals surface area contributed by atoms with Crippen LogP contribution in [0, 0.1) is 13.8 Å². The number of carbonyl (C=O) groups is 1. The second-order valence-corrected chi connectivity index (χ2v) is 5.74. The highest BCUT2D eigenvalue weighted by molar-refractivity contribution is 5.86. The molecule has 0 amide bonds. The quantitative estimate of drug-likeness (QED) is 0.591. The fourth-order valence-corrected chi connectivity index (χ4v) is 2.37. The number of benzene rings is 1. The van der Waals surface area contributed by atoms with Crippen LogP contribution in [0.25, 0.3) is 0 Å². The van der Waals surface area contributed by atoms with Crippen molar-refractivity contribution in [3.8, 4) is 5.75 Å². The zero-order valence-corrected chi connectivity index (χ0v) is 14.1. The predicted molar refractivity (Wildman–Crippen MR) is 89.1 cm³/mol. The number of aryl methyl sites for hydroxylation is 2. The molecule has 122 valence electrons. The molecule has 2 aromatic rings. The van der Waals surface area contributed by atoms with E-state index < -0.39 is 5.97 Å². The molecule has 0 aliphatic heterocycles. The lowest BCUT2D eigenvalue weighted by Gasteiger charge is -2.14. The van der Waals surface area contributed by atoms with Crippen molar-refractivity contribution in [3.63, 3.8) is 0 Å². The number of carbonyl (C=O) groups excluding carboxylic acids is 1. The Labute approximate surface area is 136 Å². The van der Waals surface area contributed by atoms with Crippen LogP contribution in [0.2, 0.25) is 0 Å². The summed E-state index contributed by atoms with van der Waals surface area (Å²) in [6.07, 6.45) is 0.550. The number of rotatable bonds is 6. The van der Waals surface area contributed by atoms with E-state index in [9.17, 15) is 4.79 Å². The molecule has 0 saturated carbocycles. The van der Waals surface area contributed by atoms with Crippen molar-refractivity contribution in [2.75, 3.05) is 13.7 Å². The first-order chi connectivity index (χ1) is 10.9. The van der Waals surface area contributed by atoms with Gasteiger partial charge < -0.3 is 13.9 Å². The van der Waals surface area contributed by atoms with Crippen LogP contribution in [0.4, 0.5) is 0 Å². The Morgan fingerprint density at radius 1 is 1.26 bits per heavy atom. The Morgan fingerprint density at radius 3 is 2.65 bits per heavy atom. The summed E-state index contributed by atoms with van der Waals surface area (Å²) in [6.45, 7) is 10.3. The Bertz CT molecular complexity index is 725. The molecule has 1 heterocycles. The average molecular weight is 314 g/mol. The largest absolute Gasteiger partial charge is 0.489 e. The lowest BCUT2D eigenvalue weighted by atomic mass is 10.0. The average Bonchev–Trinajstić information content (AvgIpc) is 2.95. The highest BCUT2D eigenvalue weighted by Crippen LogP contribution is 2.28. The molecular weight excluding hydrogens is 292 g/mol. The summed E-state index contributed by atoms with van der Waals surface area (Å²) >= 11 is 0. The summed E-state index contributed by atoms with van der Waals surface area (Å²) in [5, 5.41) is 0. The van der Waals surface area contributed by atoms with Gasteiger partial charge in [-0.05, 0) is 55.7 Å². The van der Waals surface area contributed by atoms with E-state index in [1.807, 2.05) is 26.8 Å². The number of hydrogen-bond acceptors (Lipinski definition) is 4. The first-order valence-corrected chi connectivity index (χ1v) is 7.45. The van der Waals surface area contributed by atoms with E-state index in [1.165, 1.54) is 7.11 Å². The van der Waals surface area contributed by atoms with Gasteiger partial charge in [0.25, 0.3) is 0 Å². The highest BCUT2D eigenvalue weighted by Gasteiger charge is 2.15. The van der Waals surface area contributed by atoms with Crippen LogP contribution in [0.15, 0.2) is 40.8 Å². The summed E-state index contributed by atoms with van der Waals surface area (Å²) in [5.41, 5.74) is 4.26. The summed E-state index contributed by atoms with van der Waals surface area (Å²) in [4.78, 5) is 11.5. The predicted octanol–water partition coefficient (Wildman–Crippen LogP) is 4.23. The fraction of sp³-hybridized carbons (Fsp3) is 0.316. The maximum Gasteiger partial charge on any atom is 0.373 e. The minimum absolute atomic E-state index is 0.205. The Hall–Kier alpha value is -2.49. The SMILES string of the molecule is C=C(C)COc1cc(C)cc(C)c1Cc1ccc(C(=O)OC)o1. The van der Waals surface area contributed by atoms with E-state index in [-0.39, 0.29) is 5.76 Å². The van der Waals surface area contributed by atoms with Gasteiger partial charge in [-0.25, -0.2) is 4.79 Å². The van der Waals surface area contributed by atoms with Gasteiger partial charge in [0, 0.05) is 12.0 Å². The molecule has 0 bridgehead atoms. The summed E-state index contributed by atoms with van der Waals surface area (Å²) in [6, 6.07) is 7.52. The van der Waals surface area contributed by atoms with Crippen molar-refractivity contribution in [1.82, 2.24) is 0 Å². The molecule has 23 heavy (non-hydrogen) atoms. The van der Waals surface area contributed by atoms with Crippen LogP contribution in [0.5, 0.6) is 5.75 Å². The maximum atomic E-state index is 11.5. The highest BCUT2D eigenvalue weighted by atomic mass is 16.5. The third kappa shape index (κ3) is 4.25. The molecule has 4 heteroatoms. The molecule has 0 aliphatic carbocycles. The van der Waals surface area contributed by atoms with Gasteiger partial charge in [0.05, 0.1) is 7.11 Å². The van der Waals surface area contributed by atoms with Gasteiger partial charge in [0.15, 0.2) is 0 Å². The Morgan fingerprint density at radius 2 is 2.00 bits per heavy atom. The van der Waals surface area contributed by atoms with Crippen molar-refractivity contribution >= 4 is 5.97 Å². The molecule has 0 spiro atoms. The molecule has 0 atom stereocenters. The monoisotopic (exact) mass is 314 g/mol. The molecule has 0 N–H and O–H groups in total. The molecular formula is C19H22O4. The zero-order valence-electron chi connectivity index (χ0n) is 14.1. The van der Waals surface area contributed by atoms with E-state index in [0.29, 0.717) is 18.8 Å². The second-order valence-electron chi connectivity index (χ2n) is 5.74. The maximum absolute atomic E-state index is 11.5. The molecule has 1 aromatic carbocycles. The smallest absolute Gasteiger partial charge is 0.373 e.